The first-order chi connectivity index (χ1) is 9.86. The molecule has 2 heterocycles. The number of hydrogen-bond acceptors (Lipinski definition) is 10. The Morgan fingerprint density at radius 1 is 0.905 bits per heavy atom. The van der Waals surface area contributed by atoms with Crippen molar-refractivity contribution in [1.82, 2.24) is 0 Å². The van der Waals surface area contributed by atoms with Gasteiger partial charge in [-0.25, -0.2) is 0 Å². The summed E-state index contributed by atoms with van der Waals surface area (Å²) in [7, 11) is 0. The molecule has 0 radical (unpaired) electrons. The molecule has 9 atom stereocenters. The molecule has 10 heteroatoms. The standard InChI is InChI=1S/C11H20O10/c12-1-4-6(15)9(8(17)10(18)20-4)21-11-7(16)5(14)3(13)2-19-11/h3-18H,1-2H2/t3-,4-,5+,6-,7-,8-,9+,10?,11+/m1/s1. The number of aliphatic hydroxyl groups excluding tert-OH is 7. The van der Waals surface area contributed by atoms with Gasteiger partial charge in [0.05, 0.1) is 13.2 Å². The minimum atomic E-state index is -1.70. The van der Waals surface area contributed by atoms with Crippen LogP contribution in [-0.2, 0) is 14.2 Å². The normalized spacial score (nSPS) is 51.9. The molecule has 0 aromatic carbocycles. The Morgan fingerprint density at radius 2 is 1.57 bits per heavy atom. The quantitative estimate of drug-likeness (QED) is 0.268. The molecule has 0 spiro atoms. The molecule has 2 rings (SSSR count). The van der Waals surface area contributed by atoms with Crippen LogP contribution in [0.3, 0.4) is 0 Å². The van der Waals surface area contributed by atoms with Crippen LogP contribution in [0, 0.1) is 0 Å². The van der Waals surface area contributed by atoms with E-state index in [2.05, 4.69) is 0 Å². The van der Waals surface area contributed by atoms with Crippen molar-refractivity contribution < 1.29 is 50.0 Å². The zero-order valence-corrected chi connectivity index (χ0v) is 11.0. The molecule has 10 nitrogen and oxygen atoms in total. The van der Waals surface area contributed by atoms with Crippen molar-refractivity contribution in [3.05, 3.63) is 0 Å². The molecular formula is C11H20O10. The van der Waals surface area contributed by atoms with Crippen LogP contribution < -0.4 is 0 Å². The fraction of sp³-hybridized carbons (Fsp3) is 1.00. The zero-order valence-electron chi connectivity index (χ0n) is 11.0. The molecule has 2 aliphatic rings. The monoisotopic (exact) mass is 312 g/mol. The van der Waals surface area contributed by atoms with Crippen molar-refractivity contribution in [1.29, 1.82) is 0 Å². The third-order valence-electron chi connectivity index (χ3n) is 3.59. The third-order valence-corrected chi connectivity index (χ3v) is 3.59. The van der Waals surface area contributed by atoms with Crippen LogP contribution in [0.15, 0.2) is 0 Å². The number of aliphatic hydroxyl groups is 7. The van der Waals surface area contributed by atoms with Crippen LogP contribution in [0.4, 0.5) is 0 Å². The van der Waals surface area contributed by atoms with Crippen LogP contribution >= 0.6 is 0 Å². The lowest BCUT2D eigenvalue weighted by Gasteiger charge is -2.43. The largest absolute Gasteiger partial charge is 0.394 e. The molecule has 7 N–H and O–H groups in total. The van der Waals surface area contributed by atoms with E-state index in [4.69, 9.17) is 19.3 Å². The minimum absolute atomic E-state index is 0.315. The molecule has 124 valence electrons. The van der Waals surface area contributed by atoms with Gasteiger partial charge in [0, 0.05) is 0 Å². The lowest BCUT2D eigenvalue weighted by atomic mass is 9.98. The maximum absolute atomic E-state index is 9.92. The smallest absolute Gasteiger partial charge is 0.186 e. The van der Waals surface area contributed by atoms with Gasteiger partial charge < -0.3 is 50.0 Å². The summed E-state index contributed by atoms with van der Waals surface area (Å²) in [6.07, 6.45) is -13.3. The minimum Gasteiger partial charge on any atom is -0.394 e. The Hall–Kier alpha value is -0.400. The Balaban J connectivity index is 2.05. The summed E-state index contributed by atoms with van der Waals surface area (Å²) in [6.45, 7) is -0.940. The summed E-state index contributed by atoms with van der Waals surface area (Å²) in [5, 5.41) is 66.8. The van der Waals surface area contributed by atoms with Gasteiger partial charge in [0.1, 0.15) is 42.7 Å². The highest BCUT2D eigenvalue weighted by Gasteiger charge is 2.48. The first-order valence-electron chi connectivity index (χ1n) is 6.48. The van der Waals surface area contributed by atoms with Gasteiger partial charge >= 0.3 is 0 Å². The Morgan fingerprint density at radius 3 is 2.19 bits per heavy atom. The van der Waals surface area contributed by atoms with E-state index >= 15 is 0 Å². The first-order valence-corrected chi connectivity index (χ1v) is 6.48. The second-order valence-corrected chi connectivity index (χ2v) is 5.08. The van der Waals surface area contributed by atoms with Crippen LogP contribution in [0.5, 0.6) is 0 Å². The molecular weight excluding hydrogens is 292 g/mol. The molecule has 0 bridgehead atoms. The number of rotatable bonds is 3. The van der Waals surface area contributed by atoms with E-state index in [0.717, 1.165) is 0 Å². The van der Waals surface area contributed by atoms with Gasteiger partial charge in [-0.3, -0.25) is 0 Å². The SMILES string of the molecule is OC[C@H]1OC(O)[C@H](O)[C@@H](O[C@@H]2OC[C@@H](O)[C@H](O)[C@H]2O)[C@@H]1O. The van der Waals surface area contributed by atoms with Crippen LogP contribution in [0.2, 0.25) is 0 Å². The lowest BCUT2D eigenvalue weighted by Crippen LogP contribution is -2.62. The van der Waals surface area contributed by atoms with E-state index in [1.807, 2.05) is 0 Å². The van der Waals surface area contributed by atoms with Gasteiger partial charge in [0.25, 0.3) is 0 Å². The summed E-state index contributed by atoms with van der Waals surface area (Å²) in [6, 6.07) is 0. The van der Waals surface area contributed by atoms with Gasteiger partial charge in [0.2, 0.25) is 0 Å². The van der Waals surface area contributed by atoms with Crippen molar-refractivity contribution in [3.8, 4) is 0 Å². The zero-order chi connectivity index (χ0) is 15.7. The number of hydrogen-bond donors (Lipinski definition) is 7. The van der Waals surface area contributed by atoms with E-state index in [-0.39, 0.29) is 6.61 Å². The third kappa shape index (κ3) is 3.35. The molecule has 2 aliphatic heterocycles. The van der Waals surface area contributed by atoms with E-state index < -0.39 is 61.9 Å². The number of ether oxygens (including phenoxy) is 3. The molecule has 2 saturated heterocycles. The highest BCUT2D eigenvalue weighted by atomic mass is 16.7. The van der Waals surface area contributed by atoms with Crippen molar-refractivity contribution in [3.63, 3.8) is 0 Å². The van der Waals surface area contributed by atoms with Gasteiger partial charge in [-0.2, -0.15) is 0 Å². The highest BCUT2D eigenvalue weighted by Crippen LogP contribution is 2.26. The maximum Gasteiger partial charge on any atom is 0.186 e. The molecule has 0 saturated carbocycles. The molecule has 21 heavy (non-hydrogen) atoms. The molecule has 0 aromatic heterocycles. The van der Waals surface area contributed by atoms with Crippen molar-refractivity contribution in [2.45, 2.75) is 55.3 Å². The highest BCUT2D eigenvalue weighted by molar-refractivity contribution is 4.91. The lowest BCUT2D eigenvalue weighted by molar-refractivity contribution is -0.343. The predicted octanol–water partition coefficient (Wildman–Crippen LogP) is -4.76. The van der Waals surface area contributed by atoms with E-state index in [1.165, 1.54) is 0 Å². The van der Waals surface area contributed by atoms with E-state index in [1.54, 1.807) is 0 Å². The summed E-state index contributed by atoms with van der Waals surface area (Å²) in [5.74, 6) is 0. The van der Waals surface area contributed by atoms with Gasteiger partial charge in [0.15, 0.2) is 12.6 Å². The predicted molar refractivity (Wildman–Crippen MR) is 62.6 cm³/mol. The molecule has 2 fully saturated rings. The Kier molecular flexibility index (Phi) is 5.48. The van der Waals surface area contributed by atoms with Crippen molar-refractivity contribution in [2.75, 3.05) is 13.2 Å². The van der Waals surface area contributed by atoms with Gasteiger partial charge in [-0.15, -0.1) is 0 Å². The average Bonchev–Trinajstić information content (AvgIpc) is 2.47. The summed E-state index contributed by atoms with van der Waals surface area (Å²) in [5.41, 5.74) is 0. The Labute approximate surface area is 119 Å². The Bertz CT molecular complexity index is 341. The van der Waals surface area contributed by atoms with E-state index in [9.17, 15) is 30.6 Å². The fourth-order valence-corrected chi connectivity index (χ4v) is 2.28. The second-order valence-electron chi connectivity index (χ2n) is 5.08. The second kappa shape index (κ2) is 6.79. The topological polar surface area (TPSA) is 169 Å². The molecule has 1 unspecified atom stereocenters. The molecule has 0 aromatic rings. The van der Waals surface area contributed by atoms with Gasteiger partial charge in [-0.1, -0.05) is 0 Å². The van der Waals surface area contributed by atoms with Crippen molar-refractivity contribution in [2.24, 2.45) is 0 Å². The van der Waals surface area contributed by atoms with Crippen LogP contribution in [0.1, 0.15) is 0 Å². The molecule has 0 amide bonds. The summed E-state index contributed by atoms with van der Waals surface area (Å²) < 4.78 is 15.0. The fourth-order valence-electron chi connectivity index (χ4n) is 2.28. The molecule has 0 aliphatic carbocycles. The van der Waals surface area contributed by atoms with Crippen LogP contribution in [0.25, 0.3) is 0 Å². The summed E-state index contributed by atoms with van der Waals surface area (Å²) >= 11 is 0. The van der Waals surface area contributed by atoms with E-state index in [0.29, 0.717) is 0 Å². The maximum atomic E-state index is 9.92. The van der Waals surface area contributed by atoms with Crippen LogP contribution in [-0.4, -0.2) is 104 Å². The average molecular weight is 312 g/mol. The first kappa shape index (κ1) is 17.0. The van der Waals surface area contributed by atoms with Gasteiger partial charge in [-0.05, 0) is 0 Å². The summed E-state index contributed by atoms with van der Waals surface area (Å²) in [4.78, 5) is 0. The van der Waals surface area contributed by atoms with Crippen molar-refractivity contribution >= 4 is 0 Å².